The molecular weight excluding hydrogens is 698 g/mol. The molecule has 10 nitrogen and oxygen atoms in total. The van der Waals surface area contributed by atoms with E-state index in [1.807, 2.05) is 0 Å². The Hall–Kier alpha value is -7.06. The number of nitro groups is 2. The maximum atomic E-state index is 16.4. The number of benzene rings is 3. The van der Waals surface area contributed by atoms with Crippen LogP contribution in [0.2, 0.25) is 0 Å². The van der Waals surface area contributed by atoms with Crippen molar-refractivity contribution in [3.8, 4) is 34.4 Å². The van der Waals surface area contributed by atoms with Gasteiger partial charge in [0.05, 0.1) is 26.5 Å². The van der Waals surface area contributed by atoms with Crippen LogP contribution in [-0.4, -0.2) is 9.85 Å². The molecule has 3 aromatic carbocycles. The summed E-state index contributed by atoms with van der Waals surface area (Å²) in [5, 5.41) is 38.3. The van der Waals surface area contributed by atoms with Crippen molar-refractivity contribution in [2.75, 3.05) is 0 Å². The summed E-state index contributed by atoms with van der Waals surface area (Å²) in [6.07, 6.45) is -2.63. The number of hydrogen-bond acceptors (Lipinski definition) is 6. The molecule has 248 valence electrons. The molecule has 0 heterocycles. The van der Waals surface area contributed by atoms with Gasteiger partial charge in [-0.3, -0.25) is 20.2 Å². The molecule has 0 aliphatic heterocycles. The summed E-state index contributed by atoms with van der Waals surface area (Å²) in [4.78, 5) is 24.1. The molecule has 0 bridgehead atoms. The second kappa shape index (κ2) is 11.9. The van der Waals surface area contributed by atoms with E-state index >= 15 is 26.3 Å². The highest BCUT2D eigenvalue weighted by atomic mass is 19.2. The van der Waals surface area contributed by atoms with Gasteiger partial charge in [-0.2, -0.15) is 37.8 Å². The zero-order valence-electron chi connectivity index (χ0n) is 23.5. The Balaban J connectivity index is 2.23. The van der Waals surface area contributed by atoms with Crippen LogP contribution in [0.4, 0.5) is 55.3 Å². The summed E-state index contributed by atoms with van der Waals surface area (Å²) in [5.41, 5.74) is -17.5. The van der Waals surface area contributed by atoms with Gasteiger partial charge in [0.2, 0.25) is 23.3 Å². The molecule has 0 fully saturated rings. The van der Waals surface area contributed by atoms with E-state index in [1.165, 1.54) is 12.1 Å². The van der Waals surface area contributed by atoms with Gasteiger partial charge in [0.25, 0.3) is 0 Å². The van der Waals surface area contributed by atoms with Crippen LogP contribution in [0.5, 0.6) is 0 Å². The molecule has 0 N–H and O–H groups in total. The van der Waals surface area contributed by atoms with Crippen molar-refractivity contribution in [2.24, 2.45) is 0 Å². The van der Waals surface area contributed by atoms with Crippen LogP contribution >= 0.6 is 0 Å². The van der Waals surface area contributed by atoms with Gasteiger partial charge in [0.15, 0.2) is 23.3 Å². The second-order valence-electron chi connectivity index (χ2n) is 10.0. The van der Waals surface area contributed by atoms with Gasteiger partial charge in [-0.05, 0) is 11.1 Å². The van der Waals surface area contributed by atoms with Crippen molar-refractivity contribution in [1.82, 2.24) is 0 Å². The van der Waals surface area contributed by atoms with Crippen LogP contribution in [0.3, 0.4) is 0 Å². The number of allylic oxidation sites excluding steroid dienone is 3. The van der Waals surface area contributed by atoms with E-state index in [0.717, 1.165) is 0 Å². The van der Waals surface area contributed by atoms with Gasteiger partial charge in [0, 0.05) is 40.0 Å². The molecule has 50 heavy (non-hydrogen) atoms. The van der Waals surface area contributed by atoms with E-state index in [9.17, 15) is 48.3 Å². The van der Waals surface area contributed by atoms with Crippen LogP contribution in [0.15, 0.2) is 22.5 Å². The third-order valence-corrected chi connectivity index (χ3v) is 7.74. The summed E-state index contributed by atoms with van der Waals surface area (Å²) in [6.45, 7) is 14.4. The molecule has 0 unspecified atom stereocenters. The first-order chi connectivity index (χ1) is 23.5. The minimum absolute atomic E-state index is 1.07. The predicted molar refractivity (Wildman–Crippen MR) is 144 cm³/mol. The number of halogens is 10. The van der Waals surface area contributed by atoms with E-state index in [1.54, 1.807) is 0 Å². The highest BCUT2D eigenvalue weighted by molar-refractivity contribution is 5.91. The number of rotatable bonds is 4. The first-order valence-electron chi connectivity index (χ1n) is 12.8. The standard InChI is InChI=1S/C30H4F10N6O4/c1-43-30(44-2)11-4-10-13(17-22(35)26(39)29(46(49)50)27(40)23(17)36)14-9(3-8(18(14)31)7(5-41)6-42)12(15(10)19(11)32)16-20(33)24(37)28(45(47)48)25(38)21(16)34/h3-4H2. The molecule has 5 rings (SSSR count). The molecule has 0 atom stereocenters. The van der Waals surface area contributed by atoms with E-state index in [-0.39, 0.29) is 0 Å². The zero-order valence-corrected chi connectivity index (χ0v) is 23.5. The number of nitro benzene ring substituents is 2. The van der Waals surface area contributed by atoms with Crippen molar-refractivity contribution in [3.63, 3.8) is 0 Å². The van der Waals surface area contributed by atoms with Crippen LogP contribution in [-0.2, 0) is 12.8 Å². The predicted octanol–water partition coefficient (Wildman–Crippen LogP) is 6.61. The molecule has 3 aromatic rings. The highest BCUT2D eigenvalue weighted by Gasteiger charge is 2.43. The van der Waals surface area contributed by atoms with Crippen molar-refractivity contribution in [2.45, 2.75) is 12.8 Å². The zero-order chi connectivity index (χ0) is 37.3. The summed E-state index contributed by atoms with van der Waals surface area (Å²) >= 11 is 0. The van der Waals surface area contributed by atoms with Crippen LogP contribution in [0.25, 0.3) is 43.6 Å². The van der Waals surface area contributed by atoms with E-state index in [4.69, 9.17) is 13.1 Å². The Labute approximate surface area is 268 Å². The topological polar surface area (TPSA) is 143 Å². The molecule has 2 aliphatic rings. The van der Waals surface area contributed by atoms with Gasteiger partial charge in [-0.25, -0.2) is 26.3 Å². The molecule has 0 aromatic heterocycles. The first-order valence-corrected chi connectivity index (χ1v) is 12.8. The lowest BCUT2D eigenvalue weighted by molar-refractivity contribution is -0.390. The van der Waals surface area contributed by atoms with Crippen LogP contribution in [0.1, 0.15) is 11.1 Å². The third kappa shape index (κ3) is 4.47. The second-order valence-corrected chi connectivity index (χ2v) is 10.0. The number of nitriles is 2. The van der Waals surface area contributed by atoms with Gasteiger partial charge in [-0.15, -0.1) is 0 Å². The summed E-state index contributed by atoms with van der Waals surface area (Å²) < 4.78 is 155. The molecule has 0 radical (unpaired) electrons. The smallest absolute Gasteiger partial charge is 0.258 e. The normalized spacial score (nSPS) is 12.9. The van der Waals surface area contributed by atoms with Gasteiger partial charge in [0.1, 0.15) is 42.5 Å². The molecule has 0 saturated heterocycles. The maximum absolute atomic E-state index is 16.4. The summed E-state index contributed by atoms with van der Waals surface area (Å²) in [7, 11) is 0. The Morgan fingerprint density at radius 1 is 0.580 bits per heavy atom. The summed E-state index contributed by atoms with van der Waals surface area (Å²) in [5.74, 6) is -26.3. The number of nitrogens with zero attached hydrogens (tertiary/aromatic N) is 6. The molecule has 20 heteroatoms. The fourth-order valence-electron chi connectivity index (χ4n) is 5.75. The lowest BCUT2D eigenvalue weighted by Gasteiger charge is -2.18. The van der Waals surface area contributed by atoms with Crippen molar-refractivity contribution >= 4 is 23.0 Å². The lowest BCUT2D eigenvalue weighted by Crippen LogP contribution is -2.26. The average molecular weight is 702 g/mol. The van der Waals surface area contributed by atoms with Crippen molar-refractivity contribution in [3.05, 3.63) is 134 Å². The summed E-state index contributed by atoms with van der Waals surface area (Å²) in [6, 6.07) is 2.44. The van der Waals surface area contributed by atoms with E-state index in [2.05, 4.69) is 9.69 Å². The Bertz CT molecular complexity index is 2340. The minimum atomic E-state index is -2.70. The maximum Gasteiger partial charge on any atom is 0.525 e. The molecule has 0 saturated carbocycles. The average Bonchev–Trinajstić information content (AvgIpc) is 3.58. The van der Waals surface area contributed by atoms with E-state index < -0.39 is 159 Å². The quantitative estimate of drug-likeness (QED) is 0.0748. The van der Waals surface area contributed by atoms with Gasteiger partial charge in [-0.1, -0.05) is 0 Å². The molecule has 0 amide bonds. The fraction of sp³-hybridized carbons (Fsp3) is 0.0667. The molecule has 0 spiro atoms. The SMILES string of the molecule is [C-]#[N+]C([N+]#[C-])=C1Cc2c(-c3c(F)c(F)c([N+](=O)[O-])c(F)c3F)c3c(c(-c4c(F)c(F)c([N+](=O)[O-])c(F)c4F)c2=C1F)CC(=C(C#N)C#N)C=3F. The van der Waals surface area contributed by atoms with Gasteiger partial charge >= 0.3 is 17.2 Å². The Morgan fingerprint density at radius 2 is 0.900 bits per heavy atom. The third-order valence-electron chi connectivity index (χ3n) is 7.74. The lowest BCUT2D eigenvalue weighted by atomic mass is 9.86. The van der Waals surface area contributed by atoms with Crippen molar-refractivity contribution in [1.29, 1.82) is 10.5 Å². The fourth-order valence-corrected chi connectivity index (χ4v) is 5.75. The van der Waals surface area contributed by atoms with Gasteiger partial charge < -0.3 is 0 Å². The highest BCUT2D eigenvalue weighted by Crippen LogP contribution is 2.45. The van der Waals surface area contributed by atoms with E-state index in [0.29, 0.717) is 0 Å². The Kier molecular flexibility index (Phi) is 8.14. The number of hydrogen-bond donors (Lipinski definition) is 0. The van der Waals surface area contributed by atoms with Crippen molar-refractivity contribution < 1.29 is 53.8 Å². The molecular formula is C30H4F10N6O4. The largest absolute Gasteiger partial charge is 0.525 e. The number of fused-ring (bicyclic) bond motifs is 2. The monoisotopic (exact) mass is 702 g/mol. The van der Waals surface area contributed by atoms with Crippen LogP contribution in [0, 0.1) is 103 Å². The minimum Gasteiger partial charge on any atom is -0.258 e. The Morgan fingerprint density at radius 3 is 1.20 bits per heavy atom. The molecule has 2 aliphatic carbocycles. The van der Waals surface area contributed by atoms with Crippen LogP contribution < -0.4 is 10.4 Å². The first kappa shape index (κ1) is 34.3.